The molecule has 0 unspecified atom stereocenters. The first-order chi connectivity index (χ1) is 5.60. The predicted octanol–water partition coefficient (Wildman–Crippen LogP) is 2.53. The van der Waals surface area contributed by atoms with Crippen LogP contribution in [-0.2, 0) is 5.41 Å². The molecular weight excluding hydrogens is 166 g/mol. The summed E-state index contributed by atoms with van der Waals surface area (Å²) in [6.07, 6.45) is 5.36. The van der Waals surface area contributed by atoms with E-state index < -0.39 is 0 Å². The molecule has 0 bridgehead atoms. The van der Waals surface area contributed by atoms with Crippen molar-refractivity contribution in [1.82, 2.24) is 0 Å². The summed E-state index contributed by atoms with van der Waals surface area (Å²) >= 11 is 1.54. The minimum absolute atomic E-state index is 0.250. The van der Waals surface area contributed by atoms with Crippen LogP contribution in [0.2, 0.25) is 0 Å². The lowest BCUT2D eigenvalue weighted by atomic mass is 9.92. The van der Waals surface area contributed by atoms with Crippen LogP contribution in [0.5, 0.6) is 0 Å². The molecule has 0 saturated heterocycles. The van der Waals surface area contributed by atoms with Crippen LogP contribution in [0.3, 0.4) is 0 Å². The van der Waals surface area contributed by atoms with Gasteiger partial charge in [-0.3, -0.25) is 0 Å². The number of thiophene rings is 1. The molecule has 2 heteroatoms. The Hall–Kier alpha value is -1.25. The Morgan fingerprint density at radius 2 is 2.25 bits per heavy atom. The molecule has 0 aromatic carbocycles. The van der Waals surface area contributed by atoms with Crippen molar-refractivity contribution in [3.63, 3.8) is 0 Å². The summed E-state index contributed by atoms with van der Waals surface area (Å²) in [5.41, 5.74) is 0.443. The molecule has 1 aromatic heterocycles. The normalized spacial score (nSPS) is 10.3. The van der Waals surface area contributed by atoms with Crippen LogP contribution in [0, 0.1) is 23.7 Å². The van der Waals surface area contributed by atoms with Crippen molar-refractivity contribution in [3.05, 3.63) is 21.9 Å². The average molecular weight is 175 g/mol. The van der Waals surface area contributed by atoms with Crippen LogP contribution < -0.4 is 0 Å². The van der Waals surface area contributed by atoms with E-state index in [0.29, 0.717) is 5.56 Å². The van der Waals surface area contributed by atoms with Crippen molar-refractivity contribution < 1.29 is 0 Å². The smallest absolute Gasteiger partial charge is 0.100 e. The maximum absolute atomic E-state index is 8.59. The standard InChI is InChI=1S/C10H9NS/c1-4-10(2,3)9-5-8(6-11)7-12-9/h1,5,7H,2-3H3. The third-order valence-electron chi connectivity index (χ3n) is 1.71. The van der Waals surface area contributed by atoms with Gasteiger partial charge in [-0.15, -0.1) is 17.8 Å². The van der Waals surface area contributed by atoms with E-state index in [1.165, 1.54) is 0 Å². The summed E-state index contributed by atoms with van der Waals surface area (Å²) in [5.74, 6) is 2.70. The monoisotopic (exact) mass is 175 g/mol. The molecule has 1 heterocycles. The largest absolute Gasteiger partial charge is 0.192 e. The fourth-order valence-electron chi connectivity index (χ4n) is 0.794. The maximum Gasteiger partial charge on any atom is 0.100 e. The first kappa shape index (κ1) is 8.84. The van der Waals surface area contributed by atoms with Gasteiger partial charge in [0.05, 0.1) is 11.0 Å². The van der Waals surface area contributed by atoms with Gasteiger partial charge >= 0.3 is 0 Å². The first-order valence-electron chi connectivity index (χ1n) is 3.57. The van der Waals surface area contributed by atoms with Crippen LogP contribution in [0.25, 0.3) is 0 Å². The number of hydrogen-bond donors (Lipinski definition) is 0. The van der Waals surface area contributed by atoms with Crippen molar-refractivity contribution in [2.45, 2.75) is 19.3 Å². The molecule has 1 aromatic rings. The lowest BCUT2D eigenvalue weighted by Crippen LogP contribution is -2.11. The molecule has 0 aliphatic carbocycles. The topological polar surface area (TPSA) is 23.8 Å². The molecule has 0 N–H and O–H groups in total. The first-order valence-corrected chi connectivity index (χ1v) is 4.45. The molecule has 0 fully saturated rings. The number of hydrogen-bond acceptors (Lipinski definition) is 2. The fraction of sp³-hybridized carbons (Fsp3) is 0.300. The molecule has 0 spiro atoms. The lowest BCUT2D eigenvalue weighted by Gasteiger charge is -2.13. The summed E-state index contributed by atoms with van der Waals surface area (Å²) in [6, 6.07) is 3.94. The number of terminal acetylenes is 1. The number of nitrogens with zero attached hydrogens (tertiary/aromatic N) is 1. The quantitative estimate of drug-likeness (QED) is 0.602. The lowest BCUT2D eigenvalue weighted by molar-refractivity contribution is 0.716. The second-order valence-electron chi connectivity index (χ2n) is 3.08. The highest BCUT2D eigenvalue weighted by atomic mass is 32.1. The van der Waals surface area contributed by atoms with Gasteiger partial charge in [-0.2, -0.15) is 5.26 Å². The minimum Gasteiger partial charge on any atom is -0.192 e. The highest BCUT2D eigenvalue weighted by Gasteiger charge is 2.18. The van der Waals surface area contributed by atoms with E-state index in [4.69, 9.17) is 11.7 Å². The summed E-state index contributed by atoms with van der Waals surface area (Å²) in [5, 5.41) is 10.4. The molecule has 0 radical (unpaired) electrons. The van der Waals surface area contributed by atoms with Gasteiger partial charge in [-0.25, -0.2) is 0 Å². The number of nitriles is 1. The van der Waals surface area contributed by atoms with E-state index >= 15 is 0 Å². The van der Waals surface area contributed by atoms with Crippen molar-refractivity contribution in [2.24, 2.45) is 0 Å². The Morgan fingerprint density at radius 1 is 1.58 bits per heavy atom. The Kier molecular flexibility index (Phi) is 2.22. The maximum atomic E-state index is 8.59. The third kappa shape index (κ3) is 1.49. The van der Waals surface area contributed by atoms with E-state index in [-0.39, 0.29) is 5.41 Å². The molecular formula is C10H9NS. The van der Waals surface area contributed by atoms with Crippen molar-refractivity contribution in [1.29, 1.82) is 5.26 Å². The molecule has 0 aliphatic heterocycles. The third-order valence-corrected chi connectivity index (χ3v) is 2.96. The fourth-order valence-corrected chi connectivity index (χ4v) is 1.72. The van der Waals surface area contributed by atoms with Crippen molar-refractivity contribution in [2.75, 3.05) is 0 Å². The summed E-state index contributed by atoms with van der Waals surface area (Å²) in [4.78, 5) is 1.07. The second kappa shape index (κ2) is 3.01. The SMILES string of the molecule is C#CC(C)(C)c1cc(C#N)cs1. The van der Waals surface area contributed by atoms with Crippen LogP contribution in [-0.4, -0.2) is 0 Å². The van der Waals surface area contributed by atoms with Crippen molar-refractivity contribution in [3.8, 4) is 18.4 Å². The summed E-state index contributed by atoms with van der Waals surface area (Å²) in [7, 11) is 0. The Morgan fingerprint density at radius 3 is 2.67 bits per heavy atom. The van der Waals surface area contributed by atoms with E-state index in [9.17, 15) is 0 Å². The zero-order valence-electron chi connectivity index (χ0n) is 7.09. The molecule has 0 amide bonds. The molecule has 0 aliphatic rings. The van der Waals surface area contributed by atoms with Gasteiger partial charge in [-0.05, 0) is 19.9 Å². The molecule has 60 valence electrons. The average Bonchev–Trinajstić information content (AvgIpc) is 2.52. The zero-order chi connectivity index (χ0) is 9.19. The molecule has 12 heavy (non-hydrogen) atoms. The van der Waals surface area contributed by atoms with Crippen molar-refractivity contribution >= 4 is 11.3 Å². The van der Waals surface area contributed by atoms with E-state index in [2.05, 4.69) is 12.0 Å². The van der Waals surface area contributed by atoms with Gasteiger partial charge in [0.2, 0.25) is 0 Å². The highest BCUT2D eigenvalue weighted by molar-refractivity contribution is 7.10. The van der Waals surface area contributed by atoms with Crippen LogP contribution >= 0.6 is 11.3 Å². The summed E-state index contributed by atoms with van der Waals surface area (Å²) < 4.78 is 0. The second-order valence-corrected chi connectivity index (χ2v) is 3.99. The van der Waals surface area contributed by atoms with Gasteiger partial charge in [0.25, 0.3) is 0 Å². The van der Waals surface area contributed by atoms with Crippen LogP contribution in [0.15, 0.2) is 11.4 Å². The van der Waals surface area contributed by atoms with Crippen LogP contribution in [0.4, 0.5) is 0 Å². The zero-order valence-corrected chi connectivity index (χ0v) is 7.90. The number of rotatable bonds is 1. The Bertz CT molecular complexity index is 360. The Labute approximate surface area is 76.7 Å². The van der Waals surface area contributed by atoms with Gasteiger partial charge in [0.15, 0.2) is 0 Å². The Balaban J connectivity index is 3.08. The predicted molar refractivity (Wildman–Crippen MR) is 50.9 cm³/mol. The summed E-state index contributed by atoms with van der Waals surface area (Å²) in [6.45, 7) is 3.94. The van der Waals surface area contributed by atoms with Gasteiger partial charge in [-0.1, -0.05) is 5.92 Å². The van der Waals surface area contributed by atoms with Crippen LogP contribution in [0.1, 0.15) is 24.3 Å². The van der Waals surface area contributed by atoms with E-state index in [1.807, 2.05) is 25.3 Å². The van der Waals surface area contributed by atoms with Gasteiger partial charge in [0, 0.05) is 10.3 Å². The molecule has 0 saturated carbocycles. The highest BCUT2D eigenvalue weighted by Crippen LogP contribution is 2.28. The van der Waals surface area contributed by atoms with E-state index in [0.717, 1.165) is 4.88 Å². The molecule has 0 atom stereocenters. The van der Waals surface area contributed by atoms with Gasteiger partial charge in [0.1, 0.15) is 6.07 Å². The van der Waals surface area contributed by atoms with Gasteiger partial charge < -0.3 is 0 Å². The molecule has 1 rings (SSSR count). The minimum atomic E-state index is -0.250. The molecule has 1 nitrogen and oxygen atoms in total. The van der Waals surface area contributed by atoms with E-state index in [1.54, 1.807) is 11.3 Å².